The van der Waals surface area contributed by atoms with Crippen LogP contribution in [0, 0.1) is 6.92 Å². The number of nitrogens with zero attached hydrogens (tertiary/aromatic N) is 2. The first-order valence-corrected chi connectivity index (χ1v) is 12.3. The summed E-state index contributed by atoms with van der Waals surface area (Å²) in [6.45, 7) is 4.35. The summed E-state index contributed by atoms with van der Waals surface area (Å²) in [7, 11) is 1.54. The number of hydrogen-bond donors (Lipinski definition) is 2. The number of piperazine rings is 1. The molecule has 7 nitrogen and oxygen atoms in total. The minimum atomic E-state index is -0.349. The molecule has 186 valence electrons. The van der Waals surface area contributed by atoms with Gasteiger partial charge in [0.15, 0.2) is 5.11 Å². The van der Waals surface area contributed by atoms with E-state index >= 15 is 0 Å². The van der Waals surface area contributed by atoms with Gasteiger partial charge in [-0.25, -0.2) is 0 Å². The third kappa shape index (κ3) is 5.95. The van der Waals surface area contributed by atoms with Crippen molar-refractivity contribution in [2.75, 3.05) is 43.5 Å². The lowest BCUT2D eigenvalue weighted by Gasteiger charge is -2.37. The van der Waals surface area contributed by atoms with Crippen LogP contribution in [-0.4, -0.2) is 55.1 Å². The number of nitrogens with one attached hydrogen (secondary N) is 2. The van der Waals surface area contributed by atoms with Crippen LogP contribution >= 0.6 is 23.8 Å². The number of carbonyl (C=O) groups excluding carboxylic acids is 2. The normalized spacial score (nSPS) is 13.2. The summed E-state index contributed by atoms with van der Waals surface area (Å²) >= 11 is 12.0. The third-order valence-corrected chi connectivity index (χ3v) is 6.48. The lowest BCUT2D eigenvalue weighted by Crippen LogP contribution is -2.49. The van der Waals surface area contributed by atoms with Crippen molar-refractivity contribution in [3.63, 3.8) is 0 Å². The van der Waals surface area contributed by atoms with Gasteiger partial charge in [0, 0.05) is 37.3 Å². The van der Waals surface area contributed by atoms with Gasteiger partial charge < -0.3 is 19.9 Å². The fourth-order valence-corrected chi connectivity index (χ4v) is 4.54. The first kappa shape index (κ1) is 25.5. The number of aryl methyl sites for hydroxylation is 1. The number of ether oxygens (including phenoxy) is 1. The van der Waals surface area contributed by atoms with Crippen LogP contribution in [0.25, 0.3) is 0 Å². The van der Waals surface area contributed by atoms with Crippen molar-refractivity contribution in [1.29, 1.82) is 0 Å². The zero-order valence-electron chi connectivity index (χ0n) is 20.1. The Balaban J connectivity index is 1.42. The van der Waals surface area contributed by atoms with E-state index in [0.717, 1.165) is 11.3 Å². The summed E-state index contributed by atoms with van der Waals surface area (Å²) in [6, 6.07) is 19.9. The molecule has 1 aliphatic heterocycles. The highest BCUT2D eigenvalue weighted by atomic mass is 35.5. The molecule has 0 aliphatic carbocycles. The molecule has 36 heavy (non-hydrogen) atoms. The molecule has 0 unspecified atom stereocenters. The monoisotopic (exact) mass is 522 g/mol. The van der Waals surface area contributed by atoms with E-state index in [1.54, 1.807) is 31.4 Å². The number of amides is 2. The summed E-state index contributed by atoms with van der Waals surface area (Å²) in [5.41, 5.74) is 3.69. The second-order valence-corrected chi connectivity index (χ2v) is 9.24. The van der Waals surface area contributed by atoms with Crippen molar-refractivity contribution >= 4 is 52.1 Å². The molecule has 0 spiro atoms. The lowest BCUT2D eigenvalue weighted by atomic mass is 10.1. The quantitative estimate of drug-likeness (QED) is 0.471. The van der Waals surface area contributed by atoms with Gasteiger partial charge >= 0.3 is 0 Å². The van der Waals surface area contributed by atoms with E-state index in [2.05, 4.69) is 15.5 Å². The Bertz CT molecular complexity index is 1270. The number of rotatable bonds is 5. The van der Waals surface area contributed by atoms with Crippen molar-refractivity contribution in [2.24, 2.45) is 0 Å². The van der Waals surface area contributed by atoms with Crippen LogP contribution in [0.2, 0.25) is 5.02 Å². The Kier molecular flexibility index (Phi) is 8.07. The molecule has 1 fully saturated rings. The van der Waals surface area contributed by atoms with Crippen LogP contribution in [0.4, 0.5) is 11.4 Å². The van der Waals surface area contributed by atoms with Crippen molar-refractivity contribution in [3.05, 3.63) is 88.4 Å². The molecule has 0 saturated carbocycles. The molecule has 0 aromatic heterocycles. The molecule has 9 heteroatoms. The number of methoxy groups -OCH3 is 1. The van der Waals surface area contributed by atoms with Gasteiger partial charge in [0.1, 0.15) is 5.75 Å². The first-order valence-electron chi connectivity index (χ1n) is 11.5. The van der Waals surface area contributed by atoms with E-state index < -0.39 is 0 Å². The predicted octanol–water partition coefficient (Wildman–Crippen LogP) is 4.75. The average molecular weight is 523 g/mol. The van der Waals surface area contributed by atoms with Crippen LogP contribution in [0.15, 0.2) is 66.7 Å². The van der Waals surface area contributed by atoms with E-state index in [0.29, 0.717) is 53.8 Å². The summed E-state index contributed by atoms with van der Waals surface area (Å²) in [4.78, 5) is 29.5. The third-order valence-electron chi connectivity index (χ3n) is 5.98. The van der Waals surface area contributed by atoms with Gasteiger partial charge in [-0.05, 0) is 61.6 Å². The number of benzene rings is 3. The molecule has 3 aromatic carbocycles. The standard InChI is InChI=1S/C27H27ClN4O3S/c1-18-9-11-19(12-10-18)26(34)32-15-13-31(14-16-32)24-22(28)7-4-8-23(24)29-27(36)30-25(33)20-5-3-6-21(17-20)35-2/h3-12,17H,13-16H2,1-2H3,(H2,29,30,33,36). The van der Waals surface area contributed by atoms with Gasteiger partial charge in [-0.1, -0.05) is 41.4 Å². The van der Waals surface area contributed by atoms with Crippen molar-refractivity contribution < 1.29 is 14.3 Å². The van der Waals surface area contributed by atoms with Crippen LogP contribution < -0.4 is 20.3 Å². The predicted molar refractivity (Wildman–Crippen MR) is 147 cm³/mol. The van der Waals surface area contributed by atoms with Crippen molar-refractivity contribution in [2.45, 2.75) is 6.92 Å². The fraction of sp³-hybridized carbons (Fsp3) is 0.222. The Morgan fingerprint density at radius 2 is 1.64 bits per heavy atom. The average Bonchev–Trinajstić information content (AvgIpc) is 2.89. The number of para-hydroxylation sites is 1. The first-order chi connectivity index (χ1) is 17.4. The van der Waals surface area contributed by atoms with Crippen LogP contribution in [-0.2, 0) is 0 Å². The maximum atomic E-state index is 12.9. The molecular formula is C27H27ClN4O3S. The van der Waals surface area contributed by atoms with Gasteiger partial charge in [0.25, 0.3) is 11.8 Å². The Labute approximate surface area is 221 Å². The minimum absolute atomic E-state index is 0.0218. The van der Waals surface area contributed by atoms with Gasteiger partial charge in [-0.3, -0.25) is 14.9 Å². The summed E-state index contributed by atoms with van der Waals surface area (Å²) in [5.74, 6) is 0.255. The number of thiocarbonyl (C=S) groups is 1. The Hall–Kier alpha value is -3.62. The largest absolute Gasteiger partial charge is 0.497 e. The fourth-order valence-electron chi connectivity index (χ4n) is 4.04. The highest BCUT2D eigenvalue weighted by Gasteiger charge is 2.25. The second kappa shape index (κ2) is 11.4. The van der Waals surface area contributed by atoms with E-state index in [1.165, 1.54) is 0 Å². The van der Waals surface area contributed by atoms with Gasteiger partial charge in [0.05, 0.1) is 23.5 Å². The number of anilines is 2. The molecule has 1 aliphatic rings. The van der Waals surface area contributed by atoms with E-state index in [-0.39, 0.29) is 16.9 Å². The molecule has 1 saturated heterocycles. The number of carbonyl (C=O) groups is 2. The second-order valence-electron chi connectivity index (χ2n) is 8.42. The van der Waals surface area contributed by atoms with E-state index in [4.69, 9.17) is 28.6 Å². The maximum Gasteiger partial charge on any atom is 0.257 e. The molecule has 0 bridgehead atoms. The zero-order valence-corrected chi connectivity index (χ0v) is 21.7. The molecular weight excluding hydrogens is 496 g/mol. The van der Waals surface area contributed by atoms with E-state index in [9.17, 15) is 9.59 Å². The summed E-state index contributed by atoms with van der Waals surface area (Å²) in [6.07, 6.45) is 0. The highest BCUT2D eigenvalue weighted by Crippen LogP contribution is 2.34. The molecule has 0 atom stereocenters. The van der Waals surface area contributed by atoms with Gasteiger partial charge in [0.2, 0.25) is 0 Å². The number of hydrogen-bond acceptors (Lipinski definition) is 5. The van der Waals surface area contributed by atoms with Crippen molar-refractivity contribution in [3.8, 4) is 5.75 Å². The smallest absolute Gasteiger partial charge is 0.257 e. The molecule has 0 radical (unpaired) electrons. The Morgan fingerprint density at radius 3 is 2.33 bits per heavy atom. The molecule has 3 aromatic rings. The number of halogens is 1. The summed E-state index contributed by atoms with van der Waals surface area (Å²) < 4.78 is 5.18. The lowest BCUT2D eigenvalue weighted by molar-refractivity contribution is 0.0746. The van der Waals surface area contributed by atoms with Crippen LogP contribution in [0.1, 0.15) is 26.3 Å². The molecule has 2 amide bonds. The van der Waals surface area contributed by atoms with Crippen molar-refractivity contribution in [1.82, 2.24) is 10.2 Å². The van der Waals surface area contributed by atoms with Gasteiger partial charge in [-0.2, -0.15) is 0 Å². The van der Waals surface area contributed by atoms with E-state index in [1.807, 2.05) is 54.3 Å². The van der Waals surface area contributed by atoms with Gasteiger partial charge in [-0.15, -0.1) is 0 Å². The molecule has 1 heterocycles. The summed E-state index contributed by atoms with van der Waals surface area (Å²) in [5, 5.41) is 6.51. The topological polar surface area (TPSA) is 73.9 Å². The maximum absolute atomic E-state index is 12.9. The Morgan fingerprint density at radius 1 is 0.944 bits per heavy atom. The van der Waals surface area contributed by atoms with Crippen LogP contribution in [0.5, 0.6) is 5.75 Å². The SMILES string of the molecule is COc1cccc(C(=O)NC(=S)Nc2cccc(Cl)c2N2CCN(C(=O)c3ccc(C)cc3)CC2)c1. The molecule has 2 N–H and O–H groups in total. The van der Waals surface area contributed by atoms with Crippen LogP contribution in [0.3, 0.4) is 0 Å². The minimum Gasteiger partial charge on any atom is -0.497 e. The zero-order chi connectivity index (χ0) is 25.7. The molecule has 4 rings (SSSR count). The highest BCUT2D eigenvalue weighted by molar-refractivity contribution is 7.80.